The first-order valence-corrected chi connectivity index (χ1v) is 9.51. The molecule has 3 aliphatic rings. The number of imide groups is 1. The van der Waals surface area contributed by atoms with E-state index in [-0.39, 0.29) is 23.6 Å². The second-order valence-corrected chi connectivity index (χ2v) is 8.15. The number of benzene rings is 1. The Bertz CT molecular complexity index is 776. The molecule has 1 heterocycles. The summed E-state index contributed by atoms with van der Waals surface area (Å²) in [7, 11) is 0. The van der Waals surface area contributed by atoms with Gasteiger partial charge in [-0.15, -0.1) is 11.6 Å². The first-order chi connectivity index (χ1) is 12.4. The number of anilines is 1. The molecule has 4 nitrogen and oxygen atoms in total. The van der Waals surface area contributed by atoms with Gasteiger partial charge in [0.05, 0.1) is 5.69 Å². The molecule has 2 amide bonds. The molecular weight excluding hydrogens is 357 g/mol. The molecule has 0 bridgehead atoms. The fourth-order valence-corrected chi connectivity index (χ4v) is 4.59. The molecule has 1 fully saturated rings. The number of carbonyl (C=O) groups excluding carboxylic acids is 2. The van der Waals surface area contributed by atoms with Crippen molar-refractivity contribution in [3.8, 4) is 5.75 Å². The van der Waals surface area contributed by atoms with Crippen LogP contribution in [0.15, 0.2) is 35.4 Å². The van der Waals surface area contributed by atoms with E-state index in [0.717, 1.165) is 12.8 Å². The van der Waals surface area contributed by atoms with Crippen LogP contribution >= 0.6 is 11.6 Å². The van der Waals surface area contributed by atoms with Crippen LogP contribution in [-0.4, -0.2) is 29.0 Å². The van der Waals surface area contributed by atoms with E-state index in [9.17, 15) is 14.0 Å². The molecule has 1 aliphatic heterocycles. The number of hydrogen-bond acceptors (Lipinski definition) is 3. The molecule has 1 aromatic carbocycles. The molecule has 3 unspecified atom stereocenters. The number of amides is 2. The fraction of sp³-hybridized carbons (Fsp3) is 0.500. The highest BCUT2D eigenvalue weighted by molar-refractivity contribution is 6.33. The molecule has 138 valence electrons. The average Bonchev–Trinajstić information content (AvgIpc) is 3.00. The number of alkyl halides is 2. The third-order valence-corrected chi connectivity index (χ3v) is 5.84. The van der Waals surface area contributed by atoms with Crippen molar-refractivity contribution in [2.24, 2.45) is 0 Å². The Morgan fingerprint density at radius 2 is 1.85 bits per heavy atom. The molecule has 0 radical (unpaired) electrons. The molecule has 0 aromatic heterocycles. The minimum atomic E-state index is -1.50. The maximum atomic E-state index is 14.6. The smallest absolute Gasteiger partial charge is 0.261 e. The number of hydrogen-bond donors (Lipinski definition) is 0. The lowest BCUT2D eigenvalue weighted by molar-refractivity contribution is -0.120. The van der Waals surface area contributed by atoms with Gasteiger partial charge in [-0.05, 0) is 44.7 Å². The number of halogens is 2. The van der Waals surface area contributed by atoms with Crippen molar-refractivity contribution in [3.05, 3.63) is 35.4 Å². The van der Waals surface area contributed by atoms with Crippen molar-refractivity contribution in [2.45, 2.75) is 62.6 Å². The summed E-state index contributed by atoms with van der Waals surface area (Å²) in [5, 5.41) is -0.254. The van der Waals surface area contributed by atoms with Crippen molar-refractivity contribution in [1.82, 2.24) is 0 Å². The number of ether oxygens (including phenoxy) is 1. The van der Waals surface area contributed by atoms with Crippen LogP contribution in [0.5, 0.6) is 5.75 Å². The summed E-state index contributed by atoms with van der Waals surface area (Å²) in [4.78, 5) is 26.6. The summed E-state index contributed by atoms with van der Waals surface area (Å²) in [5.41, 5.74) is 0.254. The lowest BCUT2D eigenvalue weighted by Gasteiger charge is -2.24. The van der Waals surface area contributed by atoms with Crippen LogP contribution in [0.25, 0.3) is 0 Å². The van der Waals surface area contributed by atoms with Crippen LogP contribution in [0, 0.1) is 0 Å². The summed E-state index contributed by atoms with van der Waals surface area (Å²) >= 11 is 6.08. The minimum Gasteiger partial charge on any atom is -0.487 e. The zero-order valence-electron chi connectivity index (χ0n) is 14.6. The summed E-state index contributed by atoms with van der Waals surface area (Å²) in [6, 6.07) is 6.76. The number of rotatable bonds is 3. The first kappa shape index (κ1) is 17.5. The minimum absolute atomic E-state index is 0.237. The van der Waals surface area contributed by atoms with Gasteiger partial charge in [0.2, 0.25) is 0 Å². The lowest BCUT2D eigenvalue weighted by atomic mass is 9.93. The Kier molecular flexibility index (Phi) is 4.30. The zero-order valence-corrected chi connectivity index (χ0v) is 15.4. The number of carbonyl (C=O) groups is 2. The maximum Gasteiger partial charge on any atom is 0.261 e. The predicted molar refractivity (Wildman–Crippen MR) is 97.2 cm³/mol. The second-order valence-electron chi connectivity index (χ2n) is 7.53. The van der Waals surface area contributed by atoms with Crippen LogP contribution in [-0.2, 0) is 9.59 Å². The van der Waals surface area contributed by atoms with Crippen LogP contribution < -0.4 is 9.64 Å². The van der Waals surface area contributed by atoms with Crippen LogP contribution in [0.4, 0.5) is 10.1 Å². The average molecular weight is 378 g/mol. The van der Waals surface area contributed by atoms with Crippen molar-refractivity contribution in [1.29, 1.82) is 0 Å². The highest BCUT2D eigenvalue weighted by atomic mass is 35.5. The van der Waals surface area contributed by atoms with E-state index < -0.39 is 11.8 Å². The summed E-state index contributed by atoms with van der Waals surface area (Å²) in [6.45, 7) is 1.50. The first-order valence-electron chi connectivity index (χ1n) is 9.07. The van der Waals surface area contributed by atoms with E-state index in [4.69, 9.17) is 16.3 Å². The molecule has 6 heteroatoms. The van der Waals surface area contributed by atoms with Gasteiger partial charge in [-0.25, -0.2) is 9.29 Å². The van der Waals surface area contributed by atoms with Crippen molar-refractivity contribution in [2.75, 3.05) is 4.90 Å². The standard InChI is InChI=1S/C20H21ClFNO3/c1-20(22)11-12(21)9-17(20)26-14-6-4-5-13(10-14)23-18(24)15-7-2-3-8-16(15)19(23)25/h4-6,10,12,17H,2-3,7-9,11H2,1H3. The molecular formula is C20H21ClFNO3. The van der Waals surface area contributed by atoms with E-state index in [2.05, 4.69) is 0 Å². The molecule has 0 saturated heterocycles. The lowest BCUT2D eigenvalue weighted by Crippen LogP contribution is -2.34. The van der Waals surface area contributed by atoms with Gasteiger partial charge in [-0.2, -0.15) is 0 Å². The van der Waals surface area contributed by atoms with E-state index in [1.807, 2.05) is 0 Å². The maximum absolute atomic E-state index is 14.6. The van der Waals surface area contributed by atoms with Gasteiger partial charge in [-0.3, -0.25) is 9.59 Å². The molecule has 1 saturated carbocycles. The van der Waals surface area contributed by atoms with Crippen LogP contribution in [0.3, 0.4) is 0 Å². The topological polar surface area (TPSA) is 46.6 Å². The molecule has 1 aromatic rings. The van der Waals surface area contributed by atoms with E-state index in [1.165, 1.54) is 11.8 Å². The van der Waals surface area contributed by atoms with Gasteiger partial charge in [0.1, 0.15) is 17.5 Å². The quantitative estimate of drug-likeness (QED) is 0.582. The Morgan fingerprint density at radius 3 is 2.42 bits per heavy atom. The van der Waals surface area contributed by atoms with Gasteiger partial charge in [0.15, 0.2) is 0 Å². The molecule has 0 spiro atoms. The predicted octanol–water partition coefficient (Wildman–Crippen LogP) is 4.31. The van der Waals surface area contributed by atoms with E-state index in [0.29, 0.717) is 41.8 Å². The monoisotopic (exact) mass is 377 g/mol. The van der Waals surface area contributed by atoms with Crippen molar-refractivity contribution in [3.63, 3.8) is 0 Å². The Balaban J connectivity index is 1.57. The molecule has 4 rings (SSSR count). The Hall–Kier alpha value is -1.88. The SMILES string of the molecule is CC1(F)CC(Cl)CC1Oc1cccc(N2C(=O)C3=C(CCCC3)C2=O)c1. The van der Waals surface area contributed by atoms with Gasteiger partial charge in [-0.1, -0.05) is 6.07 Å². The largest absolute Gasteiger partial charge is 0.487 e. The molecule has 2 aliphatic carbocycles. The van der Waals surface area contributed by atoms with Gasteiger partial charge >= 0.3 is 0 Å². The molecule has 3 atom stereocenters. The fourth-order valence-electron chi connectivity index (χ4n) is 4.13. The van der Waals surface area contributed by atoms with Crippen LogP contribution in [0.1, 0.15) is 45.4 Å². The zero-order chi connectivity index (χ0) is 18.5. The van der Waals surface area contributed by atoms with E-state index in [1.54, 1.807) is 24.3 Å². The summed E-state index contributed by atoms with van der Waals surface area (Å²) in [5.74, 6) is -0.0367. The highest BCUT2D eigenvalue weighted by Gasteiger charge is 2.46. The number of nitrogens with zero attached hydrogens (tertiary/aromatic N) is 1. The highest BCUT2D eigenvalue weighted by Crippen LogP contribution is 2.40. The Labute approximate surface area is 156 Å². The molecule has 0 N–H and O–H groups in total. The van der Waals surface area contributed by atoms with Crippen molar-refractivity contribution >= 4 is 29.1 Å². The second kappa shape index (κ2) is 6.38. The third kappa shape index (κ3) is 2.92. The van der Waals surface area contributed by atoms with Crippen molar-refractivity contribution < 1.29 is 18.7 Å². The Morgan fingerprint density at radius 1 is 1.19 bits per heavy atom. The summed E-state index contributed by atoms with van der Waals surface area (Å²) < 4.78 is 20.4. The summed E-state index contributed by atoms with van der Waals surface area (Å²) in [6.07, 6.45) is 3.22. The van der Waals surface area contributed by atoms with Gasteiger partial charge < -0.3 is 4.74 Å². The normalized spacial score (nSPS) is 31.6. The van der Waals surface area contributed by atoms with Crippen LogP contribution in [0.2, 0.25) is 0 Å². The third-order valence-electron chi connectivity index (χ3n) is 5.51. The van der Waals surface area contributed by atoms with Gasteiger partial charge in [0, 0.05) is 35.4 Å². The van der Waals surface area contributed by atoms with E-state index >= 15 is 0 Å². The molecule has 26 heavy (non-hydrogen) atoms. The van der Waals surface area contributed by atoms with Gasteiger partial charge in [0.25, 0.3) is 11.8 Å².